The number of anilines is 2. The van der Waals surface area contributed by atoms with Gasteiger partial charge < -0.3 is 9.47 Å². The van der Waals surface area contributed by atoms with Crippen molar-refractivity contribution in [3.8, 4) is 5.69 Å². The van der Waals surface area contributed by atoms with Crippen LogP contribution in [0.1, 0.15) is 0 Å². The lowest BCUT2D eigenvalue weighted by Crippen LogP contribution is -2.12. The van der Waals surface area contributed by atoms with Gasteiger partial charge in [-0.05, 0) is 36.4 Å². The van der Waals surface area contributed by atoms with Gasteiger partial charge in [0.25, 0.3) is 0 Å². The van der Waals surface area contributed by atoms with E-state index in [1.165, 1.54) is 38.9 Å². The SMILES string of the molecule is CN(c1ccccc1)c1ccccc1-n1c2ccccc2c2ccccc21. The first-order valence-electron chi connectivity index (χ1n) is 9.21. The number of hydrogen-bond acceptors (Lipinski definition) is 1. The second-order valence-electron chi connectivity index (χ2n) is 6.75. The molecule has 0 aliphatic heterocycles. The van der Waals surface area contributed by atoms with Crippen LogP contribution in [0, 0.1) is 0 Å². The van der Waals surface area contributed by atoms with Crippen molar-refractivity contribution >= 4 is 33.2 Å². The van der Waals surface area contributed by atoms with Gasteiger partial charge in [0.1, 0.15) is 0 Å². The number of nitrogens with zero attached hydrogens (tertiary/aromatic N) is 2. The third-order valence-corrected chi connectivity index (χ3v) is 5.21. The molecule has 0 fully saturated rings. The van der Waals surface area contributed by atoms with Crippen LogP contribution in [-0.4, -0.2) is 11.6 Å². The van der Waals surface area contributed by atoms with Gasteiger partial charge in [0, 0.05) is 23.5 Å². The van der Waals surface area contributed by atoms with Crippen molar-refractivity contribution in [3.05, 3.63) is 103 Å². The molecule has 130 valence electrons. The normalized spacial score (nSPS) is 11.1. The van der Waals surface area contributed by atoms with E-state index in [9.17, 15) is 0 Å². The molecule has 4 aromatic carbocycles. The highest BCUT2D eigenvalue weighted by Gasteiger charge is 2.16. The molecule has 0 aliphatic carbocycles. The van der Waals surface area contributed by atoms with Gasteiger partial charge in [-0.15, -0.1) is 0 Å². The molecule has 2 heteroatoms. The van der Waals surface area contributed by atoms with Crippen LogP contribution in [0.5, 0.6) is 0 Å². The summed E-state index contributed by atoms with van der Waals surface area (Å²) in [7, 11) is 2.13. The molecule has 0 bridgehead atoms. The zero-order valence-corrected chi connectivity index (χ0v) is 15.2. The van der Waals surface area contributed by atoms with Gasteiger partial charge in [-0.1, -0.05) is 66.7 Å². The first kappa shape index (κ1) is 15.7. The maximum absolute atomic E-state index is 2.37. The summed E-state index contributed by atoms with van der Waals surface area (Å²) in [6.07, 6.45) is 0. The van der Waals surface area contributed by atoms with E-state index in [0.29, 0.717) is 0 Å². The lowest BCUT2D eigenvalue weighted by Gasteiger charge is -2.23. The quantitative estimate of drug-likeness (QED) is 0.359. The summed E-state index contributed by atoms with van der Waals surface area (Å²) in [6, 6.07) is 36.4. The standard InChI is InChI=1S/C25H20N2/c1-26(19-11-3-2-4-12-19)24-17-9-10-18-25(24)27-22-15-7-5-13-20(22)21-14-6-8-16-23(21)27/h2-18H,1H3. The van der Waals surface area contributed by atoms with Crippen LogP contribution in [-0.2, 0) is 0 Å². The van der Waals surface area contributed by atoms with Gasteiger partial charge in [0.15, 0.2) is 0 Å². The fourth-order valence-electron chi connectivity index (χ4n) is 3.91. The van der Waals surface area contributed by atoms with Gasteiger partial charge in [-0.2, -0.15) is 0 Å². The summed E-state index contributed by atoms with van der Waals surface area (Å²) in [5.41, 5.74) is 5.99. The van der Waals surface area contributed by atoms with Crippen LogP contribution in [0.3, 0.4) is 0 Å². The van der Waals surface area contributed by atoms with Gasteiger partial charge in [0.05, 0.1) is 22.4 Å². The Kier molecular flexibility index (Phi) is 3.68. The summed E-state index contributed by atoms with van der Waals surface area (Å²) in [4.78, 5) is 2.25. The molecule has 0 saturated heterocycles. The summed E-state index contributed by atoms with van der Waals surface area (Å²) in [5.74, 6) is 0. The fourth-order valence-corrected chi connectivity index (χ4v) is 3.91. The molecule has 0 radical (unpaired) electrons. The van der Waals surface area contributed by atoms with Crippen LogP contribution in [0.2, 0.25) is 0 Å². The van der Waals surface area contributed by atoms with E-state index in [0.717, 1.165) is 0 Å². The molecule has 0 atom stereocenters. The Bertz CT molecular complexity index is 1180. The molecule has 1 aromatic heterocycles. The van der Waals surface area contributed by atoms with Crippen LogP contribution < -0.4 is 4.90 Å². The Morgan fingerprint density at radius 1 is 0.556 bits per heavy atom. The molecule has 2 nitrogen and oxygen atoms in total. The Labute approximate surface area is 158 Å². The molecule has 1 heterocycles. The fraction of sp³-hybridized carbons (Fsp3) is 0.0400. The highest BCUT2D eigenvalue weighted by Crippen LogP contribution is 2.36. The molecule has 0 spiro atoms. The minimum absolute atomic E-state index is 1.17. The van der Waals surface area contributed by atoms with Gasteiger partial charge >= 0.3 is 0 Å². The van der Waals surface area contributed by atoms with E-state index < -0.39 is 0 Å². The molecule has 5 rings (SSSR count). The molecule has 0 N–H and O–H groups in total. The van der Waals surface area contributed by atoms with E-state index in [4.69, 9.17) is 0 Å². The van der Waals surface area contributed by atoms with Gasteiger partial charge in [-0.3, -0.25) is 0 Å². The Morgan fingerprint density at radius 2 is 1.07 bits per heavy atom. The van der Waals surface area contributed by atoms with Crippen LogP contribution in [0.4, 0.5) is 11.4 Å². The van der Waals surface area contributed by atoms with E-state index in [2.05, 4.69) is 120 Å². The van der Waals surface area contributed by atoms with Crippen molar-refractivity contribution in [2.75, 3.05) is 11.9 Å². The van der Waals surface area contributed by atoms with Crippen molar-refractivity contribution in [2.45, 2.75) is 0 Å². The predicted octanol–water partition coefficient (Wildman–Crippen LogP) is 6.55. The van der Waals surface area contributed by atoms with Crippen LogP contribution in [0.25, 0.3) is 27.5 Å². The second kappa shape index (κ2) is 6.33. The van der Waals surface area contributed by atoms with Crippen molar-refractivity contribution in [1.82, 2.24) is 4.57 Å². The zero-order valence-electron chi connectivity index (χ0n) is 15.2. The largest absolute Gasteiger partial charge is 0.343 e. The summed E-state index contributed by atoms with van der Waals surface area (Å²) in [6.45, 7) is 0. The Morgan fingerprint density at radius 3 is 1.74 bits per heavy atom. The number of rotatable bonds is 3. The summed E-state index contributed by atoms with van der Waals surface area (Å²) < 4.78 is 2.37. The van der Waals surface area contributed by atoms with Crippen molar-refractivity contribution in [2.24, 2.45) is 0 Å². The van der Waals surface area contributed by atoms with Crippen molar-refractivity contribution in [1.29, 1.82) is 0 Å². The Hall–Kier alpha value is -3.52. The molecule has 27 heavy (non-hydrogen) atoms. The van der Waals surface area contributed by atoms with Crippen molar-refractivity contribution < 1.29 is 0 Å². The average Bonchev–Trinajstić information content (AvgIpc) is 3.08. The number of para-hydroxylation sites is 5. The van der Waals surface area contributed by atoms with Gasteiger partial charge in [-0.25, -0.2) is 0 Å². The molecule has 0 unspecified atom stereocenters. The first-order chi connectivity index (χ1) is 13.3. The van der Waals surface area contributed by atoms with E-state index in [-0.39, 0.29) is 0 Å². The predicted molar refractivity (Wildman–Crippen MR) is 115 cm³/mol. The molecular formula is C25H20N2. The van der Waals surface area contributed by atoms with Crippen molar-refractivity contribution in [3.63, 3.8) is 0 Å². The van der Waals surface area contributed by atoms with Gasteiger partial charge in [0.2, 0.25) is 0 Å². The Balaban J connectivity index is 1.82. The summed E-state index contributed by atoms with van der Waals surface area (Å²) in [5, 5.41) is 2.57. The number of aromatic nitrogens is 1. The van der Waals surface area contributed by atoms with Crippen LogP contribution in [0.15, 0.2) is 103 Å². The molecule has 0 aliphatic rings. The maximum Gasteiger partial charge on any atom is 0.0699 e. The first-order valence-corrected chi connectivity index (χ1v) is 9.21. The highest BCUT2D eigenvalue weighted by molar-refractivity contribution is 6.09. The highest BCUT2D eigenvalue weighted by atomic mass is 15.1. The summed E-state index contributed by atoms with van der Waals surface area (Å²) >= 11 is 0. The topological polar surface area (TPSA) is 8.17 Å². The number of benzene rings is 4. The molecule has 0 amide bonds. The minimum atomic E-state index is 1.17. The molecule has 5 aromatic rings. The monoisotopic (exact) mass is 348 g/mol. The van der Waals surface area contributed by atoms with E-state index in [1.54, 1.807) is 0 Å². The van der Waals surface area contributed by atoms with E-state index in [1.807, 2.05) is 0 Å². The van der Waals surface area contributed by atoms with Crippen LogP contribution >= 0.6 is 0 Å². The number of hydrogen-bond donors (Lipinski definition) is 0. The minimum Gasteiger partial charge on any atom is -0.343 e. The second-order valence-corrected chi connectivity index (χ2v) is 6.75. The maximum atomic E-state index is 2.37. The average molecular weight is 348 g/mol. The molecule has 0 saturated carbocycles. The molecular weight excluding hydrogens is 328 g/mol. The smallest absolute Gasteiger partial charge is 0.0699 e. The third-order valence-electron chi connectivity index (χ3n) is 5.21. The zero-order chi connectivity index (χ0) is 18.2. The lowest BCUT2D eigenvalue weighted by atomic mass is 10.2. The third kappa shape index (κ3) is 2.49. The van der Waals surface area contributed by atoms with E-state index >= 15 is 0 Å². The lowest BCUT2D eigenvalue weighted by molar-refractivity contribution is 1.12. The number of fused-ring (bicyclic) bond motifs is 3.